The molecule has 1 atom stereocenters. The lowest BCUT2D eigenvalue weighted by Gasteiger charge is -2.18. The Bertz CT molecular complexity index is 348. The predicted molar refractivity (Wildman–Crippen MR) is 73.3 cm³/mol. The third kappa shape index (κ3) is 3.76. The lowest BCUT2D eigenvalue weighted by molar-refractivity contribution is 0.275. The second kappa shape index (κ2) is 5.94. The minimum atomic E-state index is 0.405. The summed E-state index contributed by atoms with van der Waals surface area (Å²) in [5.74, 6) is 0.539. The number of nitrogens with zero attached hydrogens (tertiary/aromatic N) is 2. The van der Waals surface area contributed by atoms with Crippen LogP contribution in [-0.2, 0) is 6.54 Å². The summed E-state index contributed by atoms with van der Waals surface area (Å²) in [6.45, 7) is 7.69. The fourth-order valence-corrected chi connectivity index (χ4v) is 3.19. The van der Waals surface area contributed by atoms with Crippen molar-refractivity contribution in [3.63, 3.8) is 0 Å². The van der Waals surface area contributed by atoms with E-state index in [9.17, 15) is 0 Å². The Kier molecular flexibility index (Phi) is 4.54. The van der Waals surface area contributed by atoms with Crippen molar-refractivity contribution in [2.45, 2.75) is 51.6 Å². The number of thiazole rings is 1. The molecule has 0 radical (unpaired) electrons. The molecule has 0 bridgehead atoms. The van der Waals surface area contributed by atoms with Crippen LogP contribution in [-0.4, -0.2) is 29.0 Å². The number of rotatable bonds is 3. The van der Waals surface area contributed by atoms with E-state index in [0.29, 0.717) is 12.0 Å². The molecule has 0 aliphatic carbocycles. The number of hydrogen-bond donors (Lipinski definition) is 1. The molecule has 1 fully saturated rings. The van der Waals surface area contributed by atoms with Crippen molar-refractivity contribution in [1.82, 2.24) is 9.88 Å². The van der Waals surface area contributed by atoms with Crippen LogP contribution in [0.25, 0.3) is 0 Å². The maximum absolute atomic E-state index is 5.99. The fraction of sp³-hybridized carbons (Fsp3) is 0.769. The monoisotopic (exact) mass is 253 g/mol. The van der Waals surface area contributed by atoms with Crippen LogP contribution in [0.4, 0.5) is 0 Å². The summed E-state index contributed by atoms with van der Waals surface area (Å²) in [5, 5.41) is 3.45. The van der Waals surface area contributed by atoms with Gasteiger partial charge in [0.1, 0.15) is 5.01 Å². The van der Waals surface area contributed by atoms with E-state index in [4.69, 9.17) is 10.7 Å². The van der Waals surface area contributed by atoms with Gasteiger partial charge in [0.2, 0.25) is 0 Å². The third-order valence-electron chi connectivity index (χ3n) is 3.39. The average Bonchev–Trinajstić information content (AvgIpc) is 2.65. The van der Waals surface area contributed by atoms with Crippen molar-refractivity contribution in [3.05, 3.63) is 16.1 Å². The van der Waals surface area contributed by atoms with E-state index in [0.717, 1.165) is 19.5 Å². The Balaban J connectivity index is 1.90. The Labute approximate surface area is 108 Å². The maximum atomic E-state index is 5.99. The normalized spacial score (nSPS) is 22.9. The van der Waals surface area contributed by atoms with Gasteiger partial charge in [-0.2, -0.15) is 0 Å². The second-order valence-electron chi connectivity index (χ2n) is 5.29. The van der Waals surface area contributed by atoms with Gasteiger partial charge in [0.15, 0.2) is 0 Å². The summed E-state index contributed by atoms with van der Waals surface area (Å²) in [7, 11) is 0. The SMILES string of the molecule is CC(C)c1csc(CN2CCC[C@H](N)CC2)n1. The molecule has 2 N–H and O–H groups in total. The van der Waals surface area contributed by atoms with Crippen molar-refractivity contribution >= 4 is 11.3 Å². The lowest BCUT2D eigenvalue weighted by Crippen LogP contribution is -2.26. The second-order valence-corrected chi connectivity index (χ2v) is 6.23. The zero-order valence-corrected chi connectivity index (χ0v) is 11.7. The average molecular weight is 253 g/mol. The molecule has 1 aliphatic heterocycles. The van der Waals surface area contributed by atoms with E-state index >= 15 is 0 Å². The van der Waals surface area contributed by atoms with Gasteiger partial charge in [-0.1, -0.05) is 13.8 Å². The molecule has 1 aromatic heterocycles. The molecular weight excluding hydrogens is 230 g/mol. The zero-order chi connectivity index (χ0) is 12.3. The van der Waals surface area contributed by atoms with Gasteiger partial charge in [-0.25, -0.2) is 4.98 Å². The molecule has 0 aromatic carbocycles. The molecule has 4 heteroatoms. The van der Waals surface area contributed by atoms with E-state index in [2.05, 4.69) is 24.1 Å². The van der Waals surface area contributed by atoms with Gasteiger partial charge in [0.25, 0.3) is 0 Å². The summed E-state index contributed by atoms with van der Waals surface area (Å²) >= 11 is 1.80. The number of aromatic nitrogens is 1. The van der Waals surface area contributed by atoms with Gasteiger partial charge in [-0.15, -0.1) is 11.3 Å². The first-order chi connectivity index (χ1) is 8.15. The predicted octanol–water partition coefficient (Wildman–Crippen LogP) is 2.58. The minimum Gasteiger partial charge on any atom is -0.328 e. The standard InChI is InChI=1S/C13H23N3S/c1-10(2)12-9-17-13(15-12)8-16-6-3-4-11(14)5-7-16/h9-11H,3-8,14H2,1-2H3/t11-/m0/s1. The van der Waals surface area contributed by atoms with Crippen LogP contribution in [0.2, 0.25) is 0 Å². The summed E-state index contributed by atoms with van der Waals surface area (Å²) in [4.78, 5) is 7.19. The molecule has 96 valence electrons. The van der Waals surface area contributed by atoms with Crippen LogP contribution in [0, 0.1) is 0 Å². The molecule has 3 nitrogen and oxygen atoms in total. The van der Waals surface area contributed by atoms with Crippen molar-refractivity contribution < 1.29 is 0 Å². The van der Waals surface area contributed by atoms with E-state index in [-0.39, 0.29) is 0 Å². The largest absolute Gasteiger partial charge is 0.328 e. The van der Waals surface area contributed by atoms with E-state index < -0.39 is 0 Å². The first-order valence-electron chi connectivity index (χ1n) is 6.57. The van der Waals surface area contributed by atoms with Crippen LogP contribution in [0.3, 0.4) is 0 Å². The van der Waals surface area contributed by atoms with Crippen LogP contribution in [0.5, 0.6) is 0 Å². The van der Waals surface area contributed by atoms with E-state index in [1.165, 1.54) is 30.1 Å². The molecule has 0 saturated carbocycles. The summed E-state index contributed by atoms with van der Waals surface area (Å²) < 4.78 is 0. The number of hydrogen-bond acceptors (Lipinski definition) is 4. The Morgan fingerprint density at radius 3 is 3.00 bits per heavy atom. The van der Waals surface area contributed by atoms with Gasteiger partial charge in [0.05, 0.1) is 12.2 Å². The molecule has 2 rings (SSSR count). The van der Waals surface area contributed by atoms with E-state index in [1.54, 1.807) is 11.3 Å². The van der Waals surface area contributed by atoms with Crippen LogP contribution < -0.4 is 5.73 Å². The summed E-state index contributed by atoms with van der Waals surface area (Å²) in [6.07, 6.45) is 3.53. The van der Waals surface area contributed by atoms with Crippen molar-refractivity contribution in [3.8, 4) is 0 Å². The van der Waals surface area contributed by atoms with Gasteiger partial charge in [-0.3, -0.25) is 4.90 Å². The van der Waals surface area contributed by atoms with Crippen molar-refractivity contribution in [1.29, 1.82) is 0 Å². The highest BCUT2D eigenvalue weighted by Crippen LogP contribution is 2.20. The van der Waals surface area contributed by atoms with Crippen molar-refractivity contribution in [2.75, 3.05) is 13.1 Å². The smallest absolute Gasteiger partial charge is 0.107 e. The Morgan fingerprint density at radius 1 is 1.47 bits per heavy atom. The highest BCUT2D eigenvalue weighted by molar-refractivity contribution is 7.09. The molecule has 2 heterocycles. The molecule has 1 aliphatic rings. The summed E-state index contributed by atoms with van der Waals surface area (Å²) in [6, 6.07) is 0.405. The summed E-state index contributed by atoms with van der Waals surface area (Å²) in [5.41, 5.74) is 7.23. The van der Waals surface area contributed by atoms with Gasteiger partial charge in [-0.05, 0) is 31.7 Å². The first kappa shape index (κ1) is 13.0. The molecule has 0 amide bonds. The van der Waals surface area contributed by atoms with Gasteiger partial charge < -0.3 is 5.73 Å². The first-order valence-corrected chi connectivity index (χ1v) is 7.45. The molecule has 1 saturated heterocycles. The molecule has 1 aromatic rings. The highest BCUT2D eigenvalue weighted by Gasteiger charge is 2.15. The van der Waals surface area contributed by atoms with Crippen LogP contribution >= 0.6 is 11.3 Å². The Hall–Kier alpha value is -0.450. The fourth-order valence-electron chi connectivity index (χ4n) is 2.19. The van der Waals surface area contributed by atoms with E-state index in [1.807, 2.05) is 0 Å². The lowest BCUT2D eigenvalue weighted by atomic mass is 10.1. The maximum Gasteiger partial charge on any atom is 0.107 e. The van der Waals surface area contributed by atoms with Gasteiger partial charge in [0, 0.05) is 18.0 Å². The zero-order valence-electron chi connectivity index (χ0n) is 10.9. The number of nitrogens with two attached hydrogens (primary N) is 1. The minimum absolute atomic E-state index is 0.405. The molecule has 0 spiro atoms. The molecular formula is C13H23N3S. The third-order valence-corrected chi connectivity index (χ3v) is 4.24. The molecule has 0 unspecified atom stereocenters. The topological polar surface area (TPSA) is 42.1 Å². The van der Waals surface area contributed by atoms with Crippen molar-refractivity contribution in [2.24, 2.45) is 5.73 Å². The van der Waals surface area contributed by atoms with Gasteiger partial charge >= 0.3 is 0 Å². The highest BCUT2D eigenvalue weighted by atomic mass is 32.1. The van der Waals surface area contributed by atoms with Crippen LogP contribution in [0.15, 0.2) is 5.38 Å². The number of likely N-dealkylation sites (tertiary alicyclic amines) is 1. The quantitative estimate of drug-likeness (QED) is 0.900. The van der Waals surface area contributed by atoms with Crippen LogP contribution in [0.1, 0.15) is 49.7 Å². The molecule has 17 heavy (non-hydrogen) atoms. The Morgan fingerprint density at radius 2 is 2.29 bits per heavy atom.